The maximum Gasteiger partial charge on any atom is 0.416 e. The maximum absolute atomic E-state index is 12.6. The molecular weight excluding hydrogens is 357 g/mol. The predicted molar refractivity (Wildman–Crippen MR) is 73.0 cm³/mol. The van der Waals surface area contributed by atoms with E-state index in [2.05, 4.69) is 26.6 Å². The Morgan fingerprint density at radius 1 is 1.24 bits per heavy atom. The van der Waals surface area contributed by atoms with E-state index >= 15 is 0 Å². The number of carboxylic acids is 1. The monoisotopic (exact) mass is 368 g/mol. The van der Waals surface area contributed by atoms with E-state index in [1.165, 1.54) is 13.8 Å². The number of rotatable bonds is 3. The van der Waals surface area contributed by atoms with Crippen molar-refractivity contribution in [1.29, 1.82) is 0 Å². The zero-order chi connectivity index (χ0) is 16.4. The number of urea groups is 1. The van der Waals surface area contributed by atoms with Crippen LogP contribution in [-0.2, 0) is 11.0 Å². The molecule has 0 saturated heterocycles. The summed E-state index contributed by atoms with van der Waals surface area (Å²) in [6.45, 7) is 2.49. The number of carboxylic acid groups (broad SMARTS) is 1. The van der Waals surface area contributed by atoms with Crippen molar-refractivity contribution in [2.24, 2.45) is 0 Å². The van der Waals surface area contributed by atoms with Crippen LogP contribution in [0.2, 0.25) is 0 Å². The topological polar surface area (TPSA) is 78.4 Å². The summed E-state index contributed by atoms with van der Waals surface area (Å²) in [5.41, 5.74) is -2.61. The van der Waals surface area contributed by atoms with Gasteiger partial charge in [-0.25, -0.2) is 9.59 Å². The van der Waals surface area contributed by atoms with E-state index < -0.39 is 29.3 Å². The zero-order valence-corrected chi connectivity index (χ0v) is 12.6. The summed E-state index contributed by atoms with van der Waals surface area (Å²) in [5, 5.41) is 13.2. The number of hydrogen-bond donors (Lipinski definition) is 3. The second-order valence-electron chi connectivity index (χ2n) is 4.70. The minimum atomic E-state index is -4.55. The molecule has 0 heterocycles. The molecular formula is C12H12BrF3N2O3. The van der Waals surface area contributed by atoms with Gasteiger partial charge in [-0.1, -0.05) is 0 Å². The Hall–Kier alpha value is -1.77. The number of amides is 2. The van der Waals surface area contributed by atoms with Gasteiger partial charge in [-0.3, -0.25) is 0 Å². The van der Waals surface area contributed by atoms with Gasteiger partial charge in [0.1, 0.15) is 5.54 Å². The molecule has 0 aliphatic rings. The first-order valence-electron chi connectivity index (χ1n) is 5.63. The largest absolute Gasteiger partial charge is 0.480 e. The lowest BCUT2D eigenvalue weighted by atomic mass is 10.1. The smallest absolute Gasteiger partial charge is 0.416 e. The van der Waals surface area contributed by atoms with E-state index in [4.69, 9.17) is 5.11 Å². The van der Waals surface area contributed by atoms with Crippen molar-refractivity contribution in [2.45, 2.75) is 25.6 Å². The van der Waals surface area contributed by atoms with Gasteiger partial charge in [0.25, 0.3) is 0 Å². The fourth-order valence-electron chi connectivity index (χ4n) is 1.29. The van der Waals surface area contributed by atoms with Crippen LogP contribution in [0.25, 0.3) is 0 Å². The lowest BCUT2D eigenvalue weighted by Gasteiger charge is -2.21. The molecule has 116 valence electrons. The maximum atomic E-state index is 12.6. The van der Waals surface area contributed by atoms with Crippen LogP contribution < -0.4 is 10.6 Å². The summed E-state index contributed by atoms with van der Waals surface area (Å²) in [7, 11) is 0. The predicted octanol–water partition coefficient (Wildman–Crippen LogP) is 3.45. The minimum absolute atomic E-state index is 0.122. The number of alkyl halides is 3. The van der Waals surface area contributed by atoms with Crippen molar-refractivity contribution >= 4 is 33.6 Å². The van der Waals surface area contributed by atoms with E-state index in [0.29, 0.717) is 0 Å². The number of benzene rings is 1. The fraction of sp³-hybridized carbons (Fsp3) is 0.333. The molecule has 0 spiro atoms. The zero-order valence-electron chi connectivity index (χ0n) is 11.0. The van der Waals surface area contributed by atoms with Crippen LogP contribution in [-0.4, -0.2) is 22.6 Å². The summed E-state index contributed by atoms with van der Waals surface area (Å²) in [6, 6.07) is 1.81. The highest BCUT2D eigenvalue weighted by atomic mass is 79.9. The van der Waals surface area contributed by atoms with Gasteiger partial charge in [-0.05, 0) is 48.0 Å². The highest BCUT2D eigenvalue weighted by Crippen LogP contribution is 2.33. The van der Waals surface area contributed by atoms with Gasteiger partial charge in [0.2, 0.25) is 0 Å². The number of anilines is 1. The molecule has 0 bridgehead atoms. The first kappa shape index (κ1) is 17.3. The molecule has 0 fully saturated rings. The number of aliphatic carboxylic acids is 1. The van der Waals surface area contributed by atoms with E-state index in [0.717, 1.165) is 18.2 Å². The van der Waals surface area contributed by atoms with Gasteiger partial charge in [-0.15, -0.1) is 0 Å². The Labute approximate surface area is 126 Å². The van der Waals surface area contributed by atoms with Gasteiger partial charge in [0, 0.05) is 4.47 Å². The molecule has 0 atom stereocenters. The fourth-order valence-corrected chi connectivity index (χ4v) is 1.63. The molecule has 5 nitrogen and oxygen atoms in total. The summed E-state index contributed by atoms with van der Waals surface area (Å²) < 4.78 is 38.0. The third-order valence-corrected chi connectivity index (χ3v) is 3.19. The Bertz CT molecular complexity index is 573. The molecule has 9 heteroatoms. The van der Waals surface area contributed by atoms with Crippen molar-refractivity contribution in [3.05, 3.63) is 28.2 Å². The van der Waals surface area contributed by atoms with Crippen molar-refractivity contribution in [1.82, 2.24) is 5.32 Å². The van der Waals surface area contributed by atoms with Crippen molar-refractivity contribution in [2.75, 3.05) is 5.32 Å². The van der Waals surface area contributed by atoms with Gasteiger partial charge in [-0.2, -0.15) is 13.2 Å². The lowest BCUT2D eigenvalue weighted by molar-refractivity contribution is -0.143. The molecule has 0 aliphatic carbocycles. The summed E-state index contributed by atoms with van der Waals surface area (Å²) >= 11 is 3.01. The molecule has 0 saturated carbocycles. The summed E-state index contributed by atoms with van der Waals surface area (Å²) in [5.74, 6) is -1.28. The summed E-state index contributed by atoms with van der Waals surface area (Å²) in [6.07, 6.45) is -4.55. The SMILES string of the molecule is CC(C)(NC(=O)Nc1cc(C(F)(F)F)ccc1Br)C(=O)O. The molecule has 0 radical (unpaired) electrons. The van der Waals surface area contributed by atoms with Crippen molar-refractivity contribution in [3.63, 3.8) is 0 Å². The molecule has 3 N–H and O–H groups in total. The van der Waals surface area contributed by atoms with Crippen LogP contribution in [0.1, 0.15) is 19.4 Å². The van der Waals surface area contributed by atoms with Crippen LogP contribution in [0.5, 0.6) is 0 Å². The molecule has 0 aliphatic heterocycles. The molecule has 1 aromatic carbocycles. The highest BCUT2D eigenvalue weighted by molar-refractivity contribution is 9.10. The van der Waals surface area contributed by atoms with Gasteiger partial charge >= 0.3 is 18.2 Å². The molecule has 2 amide bonds. The third-order valence-electron chi connectivity index (χ3n) is 2.50. The Kier molecular flexibility index (Phi) is 4.87. The lowest BCUT2D eigenvalue weighted by Crippen LogP contribution is -2.51. The van der Waals surface area contributed by atoms with Gasteiger partial charge < -0.3 is 15.7 Å². The van der Waals surface area contributed by atoms with Gasteiger partial charge in [0.05, 0.1) is 11.3 Å². The quantitative estimate of drug-likeness (QED) is 0.764. The van der Waals surface area contributed by atoms with Crippen LogP contribution >= 0.6 is 15.9 Å². The van der Waals surface area contributed by atoms with E-state index in [1.54, 1.807) is 0 Å². The molecule has 1 rings (SSSR count). The molecule has 1 aromatic rings. The van der Waals surface area contributed by atoms with Crippen LogP contribution in [0.3, 0.4) is 0 Å². The first-order chi connectivity index (χ1) is 9.43. The number of carbonyl (C=O) groups is 2. The summed E-state index contributed by atoms with van der Waals surface area (Å²) in [4.78, 5) is 22.5. The molecule has 21 heavy (non-hydrogen) atoms. The van der Waals surface area contributed by atoms with E-state index in [1.807, 2.05) is 0 Å². The van der Waals surface area contributed by atoms with Gasteiger partial charge in [0.15, 0.2) is 0 Å². The Morgan fingerprint density at radius 2 is 1.81 bits per heavy atom. The average molecular weight is 369 g/mol. The second-order valence-corrected chi connectivity index (χ2v) is 5.56. The number of carbonyl (C=O) groups excluding carboxylic acids is 1. The average Bonchev–Trinajstić information content (AvgIpc) is 2.29. The minimum Gasteiger partial charge on any atom is -0.480 e. The number of hydrogen-bond acceptors (Lipinski definition) is 2. The Balaban J connectivity index is 2.93. The van der Waals surface area contributed by atoms with Crippen molar-refractivity contribution in [3.8, 4) is 0 Å². The van der Waals surface area contributed by atoms with Crippen molar-refractivity contribution < 1.29 is 27.9 Å². The molecule has 0 unspecified atom stereocenters. The second kappa shape index (κ2) is 5.92. The number of halogens is 4. The van der Waals surface area contributed by atoms with Crippen LogP contribution in [0, 0.1) is 0 Å². The highest BCUT2D eigenvalue weighted by Gasteiger charge is 2.32. The standard InChI is InChI=1S/C12H12BrF3N2O3/c1-11(2,9(19)20)18-10(21)17-8-5-6(12(14,15)16)3-4-7(8)13/h3-5H,1-2H3,(H,19,20)(H2,17,18,21). The van der Waals surface area contributed by atoms with E-state index in [-0.39, 0.29) is 10.2 Å². The normalized spacial score (nSPS) is 11.9. The van der Waals surface area contributed by atoms with E-state index in [9.17, 15) is 22.8 Å². The molecule has 0 aromatic heterocycles. The third kappa shape index (κ3) is 4.62. The Morgan fingerprint density at radius 3 is 2.29 bits per heavy atom. The number of nitrogens with one attached hydrogen (secondary N) is 2. The van der Waals surface area contributed by atoms with Crippen LogP contribution in [0.15, 0.2) is 22.7 Å². The first-order valence-corrected chi connectivity index (χ1v) is 6.42. The van der Waals surface area contributed by atoms with Crippen LogP contribution in [0.4, 0.5) is 23.7 Å².